The van der Waals surface area contributed by atoms with Gasteiger partial charge in [0.15, 0.2) is 0 Å². The lowest BCUT2D eigenvalue weighted by Gasteiger charge is -2.39. The van der Waals surface area contributed by atoms with Crippen molar-refractivity contribution in [2.75, 3.05) is 0 Å². The van der Waals surface area contributed by atoms with Crippen LogP contribution < -0.4 is 0 Å². The average Bonchev–Trinajstić information content (AvgIpc) is 2.28. The summed E-state index contributed by atoms with van der Waals surface area (Å²) >= 11 is 0. The van der Waals surface area contributed by atoms with Crippen molar-refractivity contribution in [3.05, 3.63) is 35.9 Å². The van der Waals surface area contributed by atoms with Gasteiger partial charge in [-0.2, -0.15) is 0 Å². The maximum atomic E-state index is 11.5. The third-order valence-electron chi connectivity index (χ3n) is 2.73. The van der Waals surface area contributed by atoms with E-state index in [1.807, 2.05) is 39.0 Å². The van der Waals surface area contributed by atoms with Gasteiger partial charge < -0.3 is 9.84 Å². The van der Waals surface area contributed by atoms with Gasteiger partial charge in [-0.25, -0.2) is 0 Å². The van der Waals surface area contributed by atoms with Crippen molar-refractivity contribution in [3.63, 3.8) is 0 Å². The summed E-state index contributed by atoms with van der Waals surface area (Å²) in [6, 6.07) is 8.99. The molecule has 1 aromatic rings. The predicted octanol–water partition coefficient (Wildman–Crippen LogP) is 2.83. The minimum Gasteiger partial charge on any atom is -0.428 e. The number of hydrogen-bond acceptors (Lipinski definition) is 3. The van der Waals surface area contributed by atoms with E-state index in [-0.39, 0.29) is 6.42 Å². The Labute approximate surface area is 102 Å². The van der Waals surface area contributed by atoms with E-state index in [1.165, 1.54) is 0 Å². The molecule has 1 N–H and O–H groups in total. The van der Waals surface area contributed by atoms with Crippen LogP contribution in [-0.4, -0.2) is 11.1 Å². The van der Waals surface area contributed by atoms with E-state index in [0.717, 1.165) is 0 Å². The van der Waals surface area contributed by atoms with Gasteiger partial charge in [0.05, 0.1) is 0 Å². The first-order chi connectivity index (χ1) is 7.81. The summed E-state index contributed by atoms with van der Waals surface area (Å²) in [5.74, 6) is -2.01. The van der Waals surface area contributed by atoms with Gasteiger partial charge in [0.1, 0.15) is 0 Å². The highest BCUT2D eigenvalue weighted by Gasteiger charge is 2.45. The molecule has 0 aliphatic carbocycles. The molecule has 0 aromatic heterocycles. The van der Waals surface area contributed by atoms with Crippen LogP contribution in [0.3, 0.4) is 0 Å². The zero-order valence-corrected chi connectivity index (χ0v) is 10.9. The maximum Gasteiger partial charge on any atom is 0.308 e. The molecule has 1 atom stereocenters. The van der Waals surface area contributed by atoms with Crippen molar-refractivity contribution in [1.29, 1.82) is 0 Å². The van der Waals surface area contributed by atoms with E-state index in [9.17, 15) is 9.90 Å². The third-order valence-corrected chi connectivity index (χ3v) is 2.73. The molecule has 0 bridgehead atoms. The van der Waals surface area contributed by atoms with Crippen molar-refractivity contribution >= 4 is 5.97 Å². The van der Waals surface area contributed by atoms with E-state index in [2.05, 4.69) is 0 Å². The fourth-order valence-corrected chi connectivity index (χ4v) is 1.55. The Balaban J connectivity index is 3.16. The summed E-state index contributed by atoms with van der Waals surface area (Å²) in [5, 5.41) is 10.7. The number of rotatable bonds is 3. The molecule has 1 unspecified atom stereocenters. The van der Waals surface area contributed by atoms with Crippen LogP contribution in [0.15, 0.2) is 30.3 Å². The second kappa shape index (κ2) is 4.88. The van der Waals surface area contributed by atoms with Gasteiger partial charge in [-0.15, -0.1) is 0 Å². The summed E-state index contributed by atoms with van der Waals surface area (Å²) in [5.41, 5.74) is -0.00609. The Morgan fingerprint density at radius 1 is 1.24 bits per heavy atom. The molecule has 0 saturated carbocycles. The molecule has 1 aromatic carbocycles. The van der Waals surface area contributed by atoms with Gasteiger partial charge in [-0.1, -0.05) is 58.0 Å². The van der Waals surface area contributed by atoms with Gasteiger partial charge >= 0.3 is 5.97 Å². The minimum absolute atomic E-state index is 0.241. The SMILES string of the molecule is CCC(=O)OC(O)(c1ccccc1)C(C)(C)C. The second-order valence-electron chi connectivity index (χ2n) is 5.09. The molecule has 0 amide bonds. The van der Waals surface area contributed by atoms with Crippen molar-refractivity contribution in [2.45, 2.75) is 39.9 Å². The molecule has 3 nitrogen and oxygen atoms in total. The molecule has 0 fully saturated rings. The first-order valence-electron chi connectivity index (χ1n) is 5.81. The van der Waals surface area contributed by atoms with Crippen LogP contribution >= 0.6 is 0 Å². The molecule has 0 spiro atoms. The molecule has 0 aliphatic heterocycles. The van der Waals surface area contributed by atoms with Gasteiger partial charge in [0.2, 0.25) is 5.79 Å². The van der Waals surface area contributed by atoms with Gasteiger partial charge in [-0.3, -0.25) is 4.79 Å². The topological polar surface area (TPSA) is 46.5 Å². The minimum atomic E-state index is -1.60. The Bertz CT molecular complexity index is 378. The number of benzene rings is 1. The van der Waals surface area contributed by atoms with Crippen LogP contribution in [0.1, 0.15) is 39.7 Å². The zero-order valence-electron chi connectivity index (χ0n) is 10.9. The summed E-state index contributed by atoms with van der Waals surface area (Å²) in [6.07, 6.45) is 0.241. The number of aliphatic hydroxyl groups is 1. The summed E-state index contributed by atoms with van der Waals surface area (Å²) in [7, 11) is 0. The zero-order chi connectivity index (χ0) is 13.1. The number of hydrogen-bond donors (Lipinski definition) is 1. The smallest absolute Gasteiger partial charge is 0.308 e. The van der Waals surface area contributed by atoms with Crippen LogP contribution in [0.2, 0.25) is 0 Å². The van der Waals surface area contributed by atoms with E-state index >= 15 is 0 Å². The van der Waals surface area contributed by atoms with E-state index in [1.54, 1.807) is 19.1 Å². The lowest BCUT2D eigenvalue weighted by Crippen LogP contribution is -2.44. The Kier molecular flexibility index (Phi) is 3.94. The van der Waals surface area contributed by atoms with Crippen LogP contribution in [0.25, 0.3) is 0 Å². The van der Waals surface area contributed by atoms with E-state index < -0.39 is 17.2 Å². The molecular weight excluding hydrogens is 216 g/mol. The van der Waals surface area contributed by atoms with Gasteiger partial charge in [0.25, 0.3) is 0 Å². The van der Waals surface area contributed by atoms with Crippen molar-refractivity contribution in [1.82, 2.24) is 0 Å². The molecule has 0 saturated heterocycles. The summed E-state index contributed by atoms with van der Waals surface area (Å²) < 4.78 is 5.25. The van der Waals surface area contributed by atoms with Crippen LogP contribution in [0.4, 0.5) is 0 Å². The predicted molar refractivity (Wildman–Crippen MR) is 66.2 cm³/mol. The molecular formula is C14H20O3. The normalized spacial score (nSPS) is 15.1. The van der Waals surface area contributed by atoms with Gasteiger partial charge in [-0.05, 0) is 0 Å². The highest BCUT2D eigenvalue weighted by Crippen LogP contribution is 2.40. The maximum absolute atomic E-state index is 11.5. The van der Waals surface area contributed by atoms with Crippen molar-refractivity contribution in [2.24, 2.45) is 5.41 Å². The van der Waals surface area contributed by atoms with Crippen LogP contribution in [0.5, 0.6) is 0 Å². The number of carbonyl (C=O) groups excluding carboxylic acids is 1. The highest BCUT2D eigenvalue weighted by atomic mass is 16.7. The molecule has 0 radical (unpaired) electrons. The monoisotopic (exact) mass is 236 g/mol. The quantitative estimate of drug-likeness (QED) is 0.648. The fourth-order valence-electron chi connectivity index (χ4n) is 1.55. The van der Waals surface area contributed by atoms with E-state index in [0.29, 0.717) is 5.56 Å². The van der Waals surface area contributed by atoms with Crippen molar-refractivity contribution < 1.29 is 14.6 Å². The standard InChI is InChI=1S/C14H20O3/c1-5-12(15)17-14(16,13(2,3)4)11-9-7-6-8-10-11/h6-10,16H,5H2,1-4H3. The van der Waals surface area contributed by atoms with E-state index in [4.69, 9.17) is 4.74 Å². The number of carbonyl (C=O) groups is 1. The fraction of sp³-hybridized carbons (Fsp3) is 0.500. The molecule has 0 aliphatic rings. The average molecular weight is 236 g/mol. The first-order valence-corrected chi connectivity index (χ1v) is 5.81. The first kappa shape index (κ1) is 13.7. The Morgan fingerprint density at radius 3 is 2.18 bits per heavy atom. The lowest BCUT2D eigenvalue weighted by atomic mass is 9.81. The molecule has 3 heteroatoms. The Hall–Kier alpha value is -1.35. The summed E-state index contributed by atoms with van der Waals surface area (Å²) in [4.78, 5) is 11.5. The highest BCUT2D eigenvalue weighted by molar-refractivity contribution is 5.69. The molecule has 17 heavy (non-hydrogen) atoms. The van der Waals surface area contributed by atoms with Crippen LogP contribution in [0, 0.1) is 5.41 Å². The largest absolute Gasteiger partial charge is 0.428 e. The third kappa shape index (κ3) is 2.86. The molecule has 1 rings (SSSR count). The molecule has 0 heterocycles. The van der Waals surface area contributed by atoms with Gasteiger partial charge in [0, 0.05) is 17.4 Å². The second-order valence-corrected chi connectivity index (χ2v) is 5.09. The summed E-state index contributed by atoms with van der Waals surface area (Å²) in [6.45, 7) is 7.21. The Morgan fingerprint density at radius 2 is 1.76 bits per heavy atom. The van der Waals surface area contributed by atoms with Crippen molar-refractivity contribution in [3.8, 4) is 0 Å². The van der Waals surface area contributed by atoms with Crippen LogP contribution in [-0.2, 0) is 15.3 Å². The number of ether oxygens (including phenoxy) is 1. The molecule has 94 valence electrons. The number of esters is 1. The lowest BCUT2D eigenvalue weighted by molar-refractivity contribution is -0.259.